The highest BCUT2D eigenvalue weighted by molar-refractivity contribution is 5.75. The molecule has 4 heteroatoms. The van der Waals surface area contributed by atoms with Gasteiger partial charge in [0.1, 0.15) is 0 Å². The smallest absolute Gasteiger partial charge is 0.219 e. The summed E-state index contributed by atoms with van der Waals surface area (Å²) in [6.07, 6.45) is 1.82. The molecule has 0 heterocycles. The van der Waals surface area contributed by atoms with Gasteiger partial charge in [0.2, 0.25) is 5.91 Å². The van der Waals surface area contributed by atoms with Crippen LogP contribution in [0.1, 0.15) is 30.1 Å². The van der Waals surface area contributed by atoms with Crippen LogP contribution in [0.25, 0.3) is 0 Å². The molecule has 1 aromatic carbocycles. The highest BCUT2D eigenvalue weighted by Crippen LogP contribution is 2.33. The van der Waals surface area contributed by atoms with Crippen LogP contribution in [-0.4, -0.2) is 42.6 Å². The van der Waals surface area contributed by atoms with Gasteiger partial charge in [-0.1, -0.05) is 24.3 Å². The predicted octanol–water partition coefficient (Wildman–Crippen LogP) is 1.10. The first-order valence-electron chi connectivity index (χ1n) is 6.80. The molecule has 2 atom stereocenters. The maximum Gasteiger partial charge on any atom is 0.219 e. The molecule has 2 N–H and O–H groups in total. The number of rotatable bonds is 5. The van der Waals surface area contributed by atoms with Crippen molar-refractivity contribution in [3.8, 4) is 0 Å². The maximum atomic E-state index is 11.2. The van der Waals surface area contributed by atoms with Crippen molar-refractivity contribution in [3.05, 3.63) is 35.4 Å². The molecule has 0 aliphatic heterocycles. The Balaban J connectivity index is 1.88. The summed E-state index contributed by atoms with van der Waals surface area (Å²) in [4.78, 5) is 13.3. The van der Waals surface area contributed by atoms with Gasteiger partial charge in [0.15, 0.2) is 0 Å². The van der Waals surface area contributed by atoms with Crippen LogP contribution in [-0.2, 0) is 11.2 Å². The lowest BCUT2D eigenvalue weighted by Crippen LogP contribution is -2.36. The molecular formula is C15H22N2O2. The average molecular weight is 262 g/mol. The number of aliphatic hydroxyl groups excluding tert-OH is 1. The molecule has 0 saturated heterocycles. The Kier molecular flexibility index (Phi) is 4.56. The van der Waals surface area contributed by atoms with Gasteiger partial charge in [0, 0.05) is 19.5 Å². The number of carbonyl (C=O) groups excluding carboxylic acids is 1. The van der Waals surface area contributed by atoms with Gasteiger partial charge in [-0.2, -0.15) is 0 Å². The first kappa shape index (κ1) is 14.0. The van der Waals surface area contributed by atoms with Gasteiger partial charge in [-0.15, -0.1) is 0 Å². The summed E-state index contributed by atoms with van der Waals surface area (Å²) in [5.41, 5.74) is 2.28. The Hall–Kier alpha value is -1.39. The summed E-state index contributed by atoms with van der Waals surface area (Å²) in [5.74, 6) is 0.0728. The van der Waals surface area contributed by atoms with E-state index in [4.69, 9.17) is 0 Å². The van der Waals surface area contributed by atoms with E-state index in [1.807, 2.05) is 25.2 Å². The first-order chi connectivity index (χ1) is 9.13. The number of hydrogen-bond acceptors (Lipinski definition) is 3. The topological polar surface area (TPSA) is 52.6 Å². The number of hydrogen-bond donors (Lipinski definition) is 2. The number of nitrogens with one attached hydrogen (secondary N) is 1. The Morgan fingerprint density at radius 2 is 2.21 bits per heavy atom. The summed E-state index contributed by atoms with van der Waals surface area (Å²) < 4.78 is 0. The molecule has 4 nitrogen and oxygen atoms in total. The van der Waals surface area contributed by atoms with Gasteiger partial charge in [-0.3, -0.25) is 4.79 Å². The molecule has 19 heavy (non-hydrogen) atoms. The molecule has 1 aromatic rings. The zero-order chi connectivity index (χ0) is 13.8. The van der Waals surface area contributed by atoms with Crippen molar-refractivity contribution >= 4 is 5.91 Å². The van der Waals surface area contributed by atoms with Crippen molar-refractivity contribution in [2.45, 2.75) is 31.4 Å². The van der Waals surface area contributed by atoms with Gasteiger partial charge >= 0.3 is 0 Å². The molecule has 2 rings (SSSR count). The van der Waals surface area contributed by atoms with Crippen LogP contribution in [0.4, 0.5) is 0 Å². The number of amides is 1. The van der Waals surface area contributed by atoms with E-state index < -0.39 is 6.10 Å². The first-order valence-corrected chi connectivity index (χ1v) is 6.80. The number of fused-ring (bicyclic) bond motifs is 1. The van der Waals surface area contributed by atoms with Gasteiger partial charge in [-0.05, 0) is 37.6 Å². The van der Waals surface area contributed by atoms with E-state index in [9.17, 15) is 9.90 Å². The predicted molar refractivity (Wildman–Crippen MR) is 74.8 cm³/mol. The summed E-state index contributed by atoms with van der Waals surface area (Å²) >= 11 is 0. The zero-order valence-corrected chi connectivity index (χ0v) is 11.6. The van der Waals surface area contributed by atoms with E-state index in [2.05, 4.69) is 16.3 Å². The third-order valence-electron chi connectivity index (χ3n) is 3.93. The van der Waals surface area contributed by atoms with Crippen molar-refractivity contribution < 1.29 is 9.90 Å². The van der Waals surface area contributed by atoms with E-state index in [0.717, 1.165) is 24.9 Å². The van der Waals surface area contributed by atoms with E-state index in [1.54, 1.807) is 7.05 Å². The SMILES string of the molecule is CNC(=O)CCCN(C)C1Cc2ccccc2C1O. The fourth-order valence-electron chi connectivity index (χ4n) is 2.73. The van der Waals surface area contributed by atoms with Crippen LogP contribution in [0.2, 0.25) is 0 Å². The molecule has 0 fully saturated rings. The Morgan fingerprint density at radius 1 is 1.47 bits per heavy atom. The molecule has 1 amide bonds. The van der Waals surface area contributed by atoms with Crippen molar-refractivity contribution in [1.29, 1.82) is 0 Å². The molecule has 0 bridgehead atoms. The molecule has 104 valence electrons. The lowest BCUT2D eigenvalue weighted by molar-refractivity contribution is -0.120. The normalized spacial score (nSPS) is 21.5. The van der Waals surface area contributed by atoms with E-state index in [0.29, 0.717) is 6.42 Å². The molecule has 2 unspecified atom stereocenters. The van der Waals surface area contributed by atoms with Crippen LogP contribution in [0.3, 0.4) is 0 Å². The maximum absolute atomic E-state index is 11.2. The largest absolute Gasteiger partial charge is 0.387 e. The number of benzene rings is 1. The van der Waals surface area contributed by atoms with Crippen LogP contribution in [0.5, 0.6) is 0 Å². The van der Waals surface area contributed by atoms with Gasteiger partial charge in [-0.25, -0.2) is 0 Å². The highest BCUT2D eigenvalue weighted by atomic mass is 16.3. The quantitative estimate of drug-likeness (QED) is 0.835. The fourth-order valence-corrected chi connectivity index (χ4v) is 2.73. The molecule has 0 saturated carbocycles. The van der Waals surface area contributed by atoms with Crippen LogP contribution in [0.15, 0.2) is 24.3 Å². The summed E-state index contributed by atoms with van der Waals surface area (Å²) in [6, 6.07) is 8.19. The Morgan fingerprint density at radius 3 is 2.89 bits per heavy atom. The lowest BCUT2D eigenvalue weighted by atomic mass is 10.1. The van der Waals surface area contributed by atoms with Crippen LogP contribution in [0, 0.1) is 0 Å². The number of carbonyl (C=O) groups is 1. The number of nitrogens with zero attached hydrogens (tertiary/aromatic N) is 1. The Bertz CT molecular complexity index is 448. The van der Waals surface area contributed by atoms with E-state index in [-0.39, 0.29) is 11.9 Å². The summed E-state index contributed by atoms with van der Waals surface area (Å²) in [7, 11) is 3.67. The minimum atomic E-state index is -0.416. The minimum absolute atomic E-state index is 0.0728. The van der Waals surface area contributed by atoms with Gasteiger partial charge < -0.3 is 15.3 Å². The number of likely N-dealkylation sites (N-methyl/N-ethyl adjacent to an activating group) is 1. The third-order valence-corrected chi connectivity index (χ3v) is 3.93. The van der Waals surface area contributed by atoms with Crippen LogP contribution < -0.4 is 5.32 Å². The second-order valence-corrected chi connectivity index (χ2v) is 5.17. The van der Waals surface area contributed by atoms with Crippen molar-refractivity contribution in [1.82, 2.24) is 10.2 Å². The lowest BCUT2D eigenvalue weighted by Gasteiger charge is -2.27. The molecule has 0 radical (unpaired) electrons. The van der Waals surface area contributed by atoms with Gasteiger partial charge in [0.05, 0.1) is 6.10 Å². The zero-order valence-electron chi connectivity index (χ0n) is 11.6. The second kappa shape index (κ2) is 6.17. The standard InChI is InChI=1S/C15H22N2O2/c1-16-14(18)8-5-9-17(2)13-10-11-6-3-4-7-12(11)15(13)19/h3-4,6-7,13,15,19H,5,8-10H2,1-2H3,(H,16,18). The molecule has 1 aliphatic carbocycles. The van der Waals surface area contributed by atoms with Crippen molar-refractivity contribution in [2.24, 2.45) is 0 Å². The monoisotopic (exact) mass is 262 g/mol. The molecule has 0 spiro atoms. The molecule has 0 aromatic heterocycles. The van der Waals surface area contributed by atoms with Gasteiger partial charge in [0.25, 0.3) is 0 Å². The number of aliphatic hydroxyl groups is 1. The summed E-state index contributed by atoms with van der Waals surface area (Å²) in [5, 5.41) is 13.0. The fraction of sp³-hybridized carbons (Fsp3) is 0.533. The molecular weight excluding hydrogens is 240 g/mol. The minimum Gasteiger partial charge on any atom is -0.387 e. The van der Waals surface area contributed by atoms with E-state index >= 15 is 0 Å². The van der Waals surface area contributed by atoms with Crippen molar-refractivity contribution in [2.75, 3.05) is 20.6 Å². The molecule has 1 aliphatic rings. The third kappa shape index (κ3) is 3.14. The van der Waals surface area contributed by atoms with Crippen molar-refractivity contribution in [3.63, 3.8) is 0 Å². The second-order valence-electron chi connectivity index (χ2n) is 5.17. The Labute approximate surface area is 114 Å². The highest BCUT2D eigenvalue weighted by Gasteiger charge is 2.32. The summed E-state index contributed by atoms with van der Waals surface area (Å²) in [6.45, 7) is 0.823. The van der Waals surface area contributed by atoms with Crippen LogP contribution >= 0.6 is 0 Å². The average Bonchev–Trinajstić information content (AvgIpc) is 2.76. The van der Waals surface area contributed by atoms with E-state index in [1.165, 1.54) is 5.56 Å².